The number of cyclic esters (lactones) is 1. The quantitative estimate of drug-likeness (QED) is 0.563. The maximum Gasteiger partial charge on any atom is 0.312 e. The van der Waals surface area contributed by atoms with Crippen LogP contribution in [0.1, 0.15) is 51.9 Å². The van der Waals surface area contributed by atoms with Crippen molar-refractivity contribution in [2.24, 2.45) is 34.0 Å². The average molecular weight is 346 g/mol. The van der Waals surface area contributed by atoms with Gasteiger partial charge in [-0.15, -0.1) is 0 Å². The van der Waals surface area contributed by atoms with Crippen LogP contribution in [0.2, 0.25) is 0 Å². The summed E-state index contributed by atoms with van der Waals surface area (Å²) in [6.07, 6.45) is 5.01. The van der Waals surface area contributed by atoms with Gasteiger partial charge in [-0.3, -0.25) is 9.59 Å². The number of carbonyl (C=O) groups is 2. The van der Waals surface area contributed by atoms with Crippen LogP contribution in [0.3, 0.4) is 0 Å². The van der Waals surface area contributed by atoms with Gasteiger partial charge in [-0.1, -0.05) is 13.0 Å². The summed E-state index contributed by atoms with van der Waals surface area (Å²) in [7, 11) is 0. The van der Waals surface area contributed by atoms with E-state index in [0.29, 0.717) is 38.7 Å². The molecule has 6 fully saturated rings. The van der Waals surface area contributed by atoms with Crippen molar-refractivity contribution in [1.29, 1.82) is 0 Å². The molecule has 0 aromatic heterocycles. The number of carbonyl (C=O) groups excluding carboxylic acids is 1. The minimum Gasteiger partial charge on any atom is -0.481 e. The Balaban J connectivity index is 1.76. The monoisotopic (exact) mass is 346 g/mol. The molecule has 0 aromatic carbocycles. The Morgan fingerprint density at radius 2 is 2.00 bits per heavy atom. The second kappa shape index (κ2) is 4.30. The third-order valence-electron chi connectivity index (χ3n) is 8.94. The van der Waals surface area contributed by atoms with Crippen molar-refractivity contribution in [3.05, 3.63) is 12.2 Å². The van der Waals surface area contributed by atoms with E-state index in [1.54, 1.807) is 0 Å². The van der Waals surface area contributed by atoms with E-state index in [9.17, 15) is 19.8 Å². The molecule has 7 atom stereocenters. The van der Waals surface area contributed by atoms with Crippen LogP contribution in [-0.4, -0.2) is 34.4 Å². The molecular weight excluding hydrogens is 320 g/mol. The van der Waals surface area contributed by atoms with Gasteiger partial charge in [0.25, 0.3) is 0 Å². The first-order chi connectivity index (χ1) is 11.7. The number of ether oxygens (including phenoxy) is 1. The molecule has 6 aliphatic rings. The molecule has 5 saturated carbocycles. The molecule has 4 bridgehead atoms. The molecule has 0 radical (unpaired) electrons. The van der Waals surface area contributed by atoms with Crippen LogP contribution >= 0.6 is 0 Å². The fourth-order valence-corrected chi connectivity index (χ4v) is 8.01. The molecule has 7 unspecified atom stereocenters. The van der Waals surface area contributed by atoms with Crippen molar-refractivity contribution >= 4 is 11.9 Å². The molecule has 1 saturated heterocycles. The number of carboxylic acid groups (broad SMARTS) is 1. The fraction of sp³-hybridized carbons (Fsp3) is 0.800. The number of hydrogen-bond donors (Lipinski definition) is 2. The molecule has 1 heterocycles. The average Bonchev–Trinajstić information content (AvgIpc) is 2.80. The fourth-order valence-electron chi connectivity index (χ4n) is 8.01. The van der Waals surface area contributed by atoms with Crippen molar-refractivity contribution in [2.45, 2.75) is 57.5 Å². The van der Waals surface area contributed by atoms with Crippen molar-refractivity contribution in [3.8, 4) is 0 Å². The summed E-state index contributed by atoms with van der Waals surface area (Å²) in [5.41, 5.74) is -1.46. The van der Waals surface area contributed by atoms with Gasteiger partial charge in [0.2, 0.25) is 0 Å². The summed E-state index contributed by atoms with van der Waals surface area (Å²) in [4.78, 5) is 25.2. The van der Waals surface area contributed by atoms with E-state index in [1.807, 2.05) is 6.92 Å². The number of hydrogen-bond acceptors (Lipinski definition) is 4. The van der Waals surface area contributed by atoms with Crippen LogP contribution in [0.4, 0.5) is 0 Å². The highest BCUT2D eigenvalue weighted by atomic mass is 16.5. The Bertz CT molecular complexity index is 715. The highest BCUT2D eigenvalue weighted by Gasteiger charge is 2.79. The largest absolute Gasteiger partial charge is 0.481 e. The van der Waals surface area contributed by atoms with E-state index in [0.717, 1.165) is 18.4 Å². The van der Waals surface area contributed by atoms with Crippen molar-refractivity contribution in [3.63, 3.8) is 0 Å². The van der Waals surface area contributed by atoms with Gasteiger partial charge in [-0.2, -0.15) is 0 Å². The van der Waals surface area contributed by atoms with Crippen molar-refractivity contribution in [2.75, 3.05) is 6.61 Å². The lowest BCUT2D eigenvalue weighted by atomic mass is 9.47. The zero-order valence-electron chi connectivity index (χ0n) is 14.7. The summed E-state index contributed by atoms with van der Waals surface area (Å²) < 4.78 is 5.66. The number of aliphatic hydroxyl groups is 1. The first-order valence-electron chi connectivity index (χ1n) is 9.50. The summed E-state index contributed by atoms with van der Waals surface area (Å²) in [5, 5.41) is 21.4. The minimum atomic E-state index is -0.867. The Hall–Kier alpha value is -1.36. The first-order valence-corrected chi connectivity index (χ1v) is 9.50. The number of carboxylic acids is 1. The number of rotatable bonds is 1. The molecular formula is C20H26O5. The van der Waals surface area contributed by atoms with E-state index in [4.69, 9.17) is 4.74 Å². The SMILES string of the molecule is C=C1CC23CCC1(O)CC2C12CCCC(C)(C(=O)OC1)C2C3C(=O)O. The molecule has 2 N–H and O–H groups in total. The van der Waals surface area contributed by atoms with Gasteiger partial charge in [0.05, 0.1) is 23.5 Å². The van der Waals surface area contributed by atoms with Crippen LogP contribution in [0.25, 0.3) is 0 Å². The molecule has 0 aromatic rings. The topological polar surface area (TPSA) is 83.8 Å². The highest BCUT2D eigenvalue weighted by molar-refractivity contribution is 5.82. The van der Waals surface area contributed by atoms with Crippen LogP contribution in [-0.2, 0) is 14.3 Å². The zero-order valence-corrected chi connectivity index (χ0v) is 14.7. The van der Waals surface area contributed by atoms with Gasteiger partial charge in [-0.25, -0.2) is 0 Å². The molecule has 5 aliphatic carbocycles. The van der Waals surface area contributed by atoms with Gasteiger partial charge in [-0.05, 0) is 68.3 Å². The van der Waals surface area contributed by atoms with Crippen LogP contribution < -0.4 is 0 Å². The van der Waals surface area contributed by atoms with Crippen LogP contribution in [0.5, 0.6) is 0 Å². The standard InChI is InChI=1S/C20H26O5/c1-11-8-18-6-7-20(11,24)9-12(18)19-5-3-4-17(2,16(23)25-10-19)14(19)13(18)15(21)22/h12-14,24H,1,3-10H2,2H3,(H,21,22). The third-order valence-corrected chi connectivity index (χ3v) is 8.94. The number of esters is 1. The highest BCUT2D eigenvalue weighted by Crippen LogP contribution is 2.79. The van der Waals surface area contributed by atoms with Crippen molar-refractivity contribution in [1.82, 2.24) is 0 Å². The van der Waals surface area contributed by atoms with E-state index in [-0.39, 0.29) is 28.6 Å². The van der Waals surface area contributed by atoms with Crippen LogP contribution in [0, 0.1) is 34.0 Å². The maximum absolute atomic E-state index is 12.7. The lowest BCUT2D eigenvalue weighted by Crippen LogP contribution is -2.59. The molecule has 136 valence electrons. The first kappa shape index (κ1) is 15.9. The van der Waals surface area contributed by atoms with E-state index in [2.05, 4.69) is 6.58 Å². The number of aliphatic carboxylic acids is 1. The normalized spacial score (nSPS) is 56.2. The van der Waals surface area contributed by atoms with E-state index >= 15 is 0 Å². The van der Waals surface area contributed by atoms with Gasteiger partial charge in [0.1, 0.15) is 0 Å². The zero-order chi connectivity index (χ0) is 17.8. The molecule has 6 rings (SSSR count). The summed E-state index contributed by atoms with van der Waals surface area (Å²) in [6.45, 7) is 6.36. The molecule has 5 heteroatoms. The minimum absolute atomic E-state index is 0.100. The van der Waals surface area contributed by atoms with Gasteiger partial charge in [0, 0.05) is 5.41 Å². The van der Waals surface area contributed by atoms with Crippen molar-refractivity contribution < 1.29 is 24.5 Å². The molecule has 25 heavy (non-hydrogen) atoms. The van der Waals surface area contributed by atoms with Crippen LogP contribution in [0.15, 0.2) is 12.2 Å². The summed E-state index contributed by atoms with van der Waals surface area (Å²) >= 11 is 0. The maximum atomic E-state index is 12.7. The second-order valence-electron chi connectivity index (χ2n) is 9.68. The second-order valence-corrected chi connectivity index (χ2v) is 9.68. The summed E-state index contributed by atoms with van der Waals surface area (Å²) in [6, 6.07) is 0. The molecule has 1 aliphatic heterocycles. The van der Waals surface area contributed by atoms with E-state index in [1.165, 1.54) is 0 Å². The number of fused-ring (bicyclic) bond motifs is 2. The third kappa shape index (κ3) is 1.52. The Kier molecular flexibility index (Phi) is 2.73. The predicted octanol–water partition coefficient (Wildman–Crippen LogP) is 2.53. The molecule has 0 amide bonds. The van der Waals surface area contributed by atoms with E-state index < -0.39 is 22.9 Å². The molecule has 1 spiro atoms. The molecule has 5 nitrogen and oxygen atoms in total. The smallest absolute Gasteiger partial charge is 0.312 e. The lowest BCUT2D eigenvalue weighted by Gasteiger charge is -2.59. The Morgan fingerprint density at radius 3 is 2.68 bits per heavy atom. The lowest BCUT2D eigenvalue weighted by molar-refractivity contribution is -0.203. The Labute approximate surface area is 147 Å². The van der Waals surface area contributed by atoms with Gasteiger partial charge >= 0.3 is 11.9 Å². The van der Waals surface area contributed by atoms with Gasteiger partial charge < -0.3 is 14.9 Å². The van der Waals surface area contributed by atoms with Gasteiger partial charge in [0.15, 0.2) is 0 Å². The predicted molar refractivity (Wildman–Crippen MR) is 88.4 cm³/mol. The Morgan fingerprint density at radius 1 is 1.24 bits per heavy atom. The summed E-state index contributed by atoms with van der Waals surface area (Å²) in [5.74, 6) is -1.63.